The summed E-state index contributed by atoms with van der Waals surface area (Å²) >= 11 is 1.22. The molecule has 1 heterocycles. The van der Waals surface area contributed by atoms with Gasteiger partial charge in [-0.15, -0.1) is 11.3 Å². The Hall–Kier alpha value is -3.12. The molecule has 0 aliphatic rings. The van der Waals surface area contributed by atoms with Crippen LogP contribution in [0.5, 0.6) is 11.5 Å². The molecule has 3 rings (SSSR count). The zero-order valence-electron chi connectivity index (χ0n) is 15.2. The summed E-state index contributed by atoms with van der Waals surface area (Å²) in [4.78, 5) is 27.3. The van der Waals surface area contributed by atoms with Crippen molar-refractivity contribution in [3.8, 4) is 11.5 Å². The van der Waals surface area contributed by atoms with Gasteiger partial charge in [0.15, 0.2) is 5.78 Å². The highest BCUT2D eigenvalue weighted by atomic mass is 32.1. The molecule has 0 saturated carbocycles. The summed E-state index contributed by atoms with van der Waals surface area (Å²) in [5, 5.41) is 0. The highest BCUT2D eigenvalue weighted by Crippen LogP contribution is 2.24. The Morgan fingerprint density at radius 3 is 2.48 bits per heavy atom. The largest absolute Gasteiger partial charge is 0.497 e. The van der Waals surface area contributed by atoms with Gasteiger partial charge in [-0.2, -0.15) is 0 Å². The van der Waals surface area contributed by atoms with Crippen LogP contribution in [0.15, 0.2) is 47.3 Å². The summed E-state index contributed by atoms with van der Waals surface area (Å²) < 4.78 is 11.5. The zero-order valence-corrected chi connectivity index (χ0v) is 16.1. The number of methoxy groups -OCH3 is 2. The van der Waals surface area contributed by atoms with Crippen molar-refractivity contribution < 1.29 is 14.3 Å². The van der Waals surface area contributed by atoms with Crippen LogP contribution < -0.4 is 24.2 Å². The van der Waals surface area contributed by atoms with Crippen LogP contribution in [0.25, 0.3) is 12.2 Å². The number of thiazole rings is 1. The molecule has 0 aliphatic carbocycles. The van der Waals surface area contributed by atoms with E-state index in [9.17, 15) is 9.59 Å². The number of hydrogen-bond acceptors (Lipinski definition) is 5. The normalized spacial score (nSPS) is 12.3. The average molecular weight is 381 g/mol. The van der Waals surface area contributed by atoms with Crippen LogP contribution in [-0.4, -0.2) is 25.0 Å². The van der Waals surface area contributed by atoms with Crippen molar-refractivity contribution in [3.05, 3.63) is 78.7 Å². The first-order chi connectivity index (χ1) is 13.0. The molecule has 0 amide bonds. The Bertz CT molecular complexity index is 1140. The topological polar surface area (TPSA) is 68.4 Å². The van der Waals surface area contributed by atoms with Gasteiger partial charge in [0, 0.05) is 23.3 Å². The van der Waals surface area contributed by atoms with E-state index in [0.717, 1.165) is 11.1 Å². The Labute approximate surface area is 160 Å². The van der Waals surface area contributed by atoms with Crippen LogP contribution in [0, 0.1) is 6.92 Å². The molecular weight excluding hydrogens is 362 g/mol. The molecule has 0 saturated heterocycles. The molecule has 1 aromatic heterocycles. The smallest absolute Gasteiger partial charge is 0.266 e. The fourth-order valence-corrected chi connectivity index (χ4v) is 3.40. The van der Waals surface area contributed by atoms with E-state index in [2.05, 4.69) is 4.98 Å². The molecule has 0 aliphatic heterocycles. The lowest BCUT2D eigenvalue weighted by Crippen LogP contribution is -2.20. The number of hydrogen-bond donors (Lipinski definition) is 1. The van der Waals surface area contributed by atoms with Crippen molar-refractivity contribution in [1.82, 2.24) is 4.98 Å². The standard InChI is InChI=1S/C21H19NO4S/c1-13-4-6-14(7-5-13)17(23)12-20-22-21(24)19(27-20)10-15-8-9-16(25-2)11-18(15)26-3/h4-12H,1-3H3,(H,22,24)/b19-10-,20-12+. The van der Waals surface area contributed by atoms with E-state index in [0.29, 0.717) is 26.3 Å². The third kappa shape index (κ3) is 4.35. The Morgan fingerprint density at radius 2 is 1.81 bits per heavy atom. The predicted octanol–water partition coefficient (Wildman–Crippen LogP) is 2.25. The van der Waals surface area contributed by atoms with Gasteiger partial charge in [0.2, 0.25) is 0 Å². The second kappa shape index (κ2) is 8.05. The van der Waals surface area contributed by atoms with Crippen LogP contribution >= 0.6 is 11.3 Å². The van der Waals surface area contributed by atoms with E-state index in [1.807, 2.05) is 25.1 Å². The number of aromatic nitrogens is 1. The first kappa shape index (κ1) is 18.7. The minimum Gasteiger partial charge on any atom is -0.497 e. The van der Waals surface area contributed by atoms with Crippen LogP contribution in [0.3, 0.4) is 0 Å². The fourth-order valence-electron chi connectivity index (χ4n) is 2.52. The van der Waals surface area contributed by atoms with Crippen molar-refractivity contribution in [2.45, 2.75) is 6.92 Å². The first-order valence-corrected chi connectivity index (χ1v) is 9.07. The Balaban J connectivity index is 1.99. The van der Waals surface area contributed by atoms with Crippen molar-refractivity contribution in [1.29, 1.82) is 0 Å². The van der Waals surface area contributed by atoms with Crippen LogP contribution in [0.2, 0.25) is 0 Å². The molecule has 6 heteroatoms. The quantitative estimate of drug-likeness (QED) is 0.689. The predicted molar refractivity (Wildman–Crippen MR) is 107 cm³/mol. The van der Waals surface area contributed by atoms with Gasteiger partial charge in [0.05, 0.1) is 23.4 Å². The molecule has 0 bridgehead atoms. The van der Waals surface area contributed by atoms with E-state index in [-0.39, 0.29) is 11.3 Å². The molecule has 2 aromatic carbocycles. The second-order valence-corrected chi connectivity index (χ2v) is 7.00. The first-order valence-electron chi connectivity index (χ1n) is 8.26. The molecule has 0 fully saturated rings. The van der Waals surface area contributed by atoms with E-state index >= 15 is 0 Å². The molecule has 0 spiro atoms. The second-order valence-electron chi connectivity index (χ2n) is 5.91. The molecule has 138 valence electrons. The highest BCUT2D eigenvalue weighted by Gasteiger charge is 2.05. The summed E-state index contributed by atoms with van der Waals surface area (Å²) in [5.74, 6) is 1.12. The molecular formula is C21H19NO4S. The number of H-pyrrole nitrogens is 1. The summed E-state index contributed by atoms with van der Waals surface area (Å²) in [6.45, 7) is 1.96. The van der Waals surface area contributed by atoms with Crippen LogP contribution in [-0.2, 0) is 0 Å². The van der Waals surface area contributed by atoms with Crippen LogP contribution in [0.1, 0.15) is 21.5 Å². The Kier molecular flexibility index (Phi) is 5.57. The third-order valence-electron chi connectivity index (χ3n) is 4.01. The van der Waals surface area contributed by atoms with E-state index < -0.39 is 0 Å². The van der Waals surface area contributed by atoms with Gasteiger partial charge in [-0.05, 0) is 25.1 Å². The highest BCUT2D eigenvalue weighted by molar-refractivity contribution is 7.07. The number of carbonyl (C=O) groups is 1. The van der Waals surface area contributed by atoms with Crippen molar-refractivity contribution in [3.63, 3.8) is 0 Å². The molecule has 0 radical (unpaired) electrons. The molecule has 5 nitrogen and oxygen atoms in total. The van der Waals surface area contributed by atoms with Crippen LogP contribution in [0.4, 0.5) is 0 Å². The lowest BCUT2D eigenvalue weighted by Gasteiger charge is -2.06. The molecule has 27 heavy (non-hydrogen) atoms. The maximum absolute atomic E-state index is 12.4. The number of nitrogens with one attached hydrogen (secondary N) is 1. The summed E-state index contributed by atoms with van der Waals surface area (Å²) in [5.41, 5.74) is 2.17. The number of Topliss-reactive ketones (excluding diaryl/α,β-unsaturated/α-hetero) is 1. The number of aryl methyl sites for hydroxylation is 1. The van der Waals surface area contributed by atoms with Crippen molar-refractivity contribution >= 4 is 29.3 Å². The average Bonchev–Trinajstić information content (AvgIpc) is 3.01. The van der Waals surface area contributed by atoms with Crippen molar-refractivity contribution in [2.24, 2.45) is 0 Å². The van der Waals surface area contributed by atoms with Gasteiger partial charge in [-0.1, -0.05) is 29.8 Å². The summed E-state index contributed by atoms with van der Waals surface area (Å²) in [6.07, 6.45) is 3.18. The third-order valence-corrected chi connectivity index (χ3v) is 4.97. The molecule has 3 aromatic rings. The van der Waals surface area contributed by atoms with Gasteiger partial charge in [0.1, 0.15) is 11.5 Å². The fraction of sp³-hybridized carbons (Fsp3) is 0.143. The van der Waals surface area contributed by atoms with E-state index in [1.54, 1.807) is 44.6 Å². The SMILES string of the molecule is COc1ccc(/C=c2\s/c(=C/C(=O)c3ccc(C)cc3)[nH]c2=O)c(OC)c1. The number of ether oxygens (including phenoxy) is 2. The van der Waals surface area contributed by atoms with Gasteiger partial charge < -0.3 is 14.5 Å². The number of ketones is 1. The molecule has 0 unspecified atom stereocenters. The minimum atomic E-state index is -0.249. The van der Waals surface area contributed by atoms with Gasteiger partial charge in [-0.25, -0.2) is 0 Å². The maximum Gasteiger partial charge on any atom is 0.266 e. The van der Waals surface area contributed by atoms with Crippen molar-refractivity contribution in [2.75, 3.05) is 14.2 Å². The molecule has 0 atom stereocenters. The lowest BCUT2D eigenvalue weighted by atomic mass is 10.1. The number of benzene rings is 2. The number of rotatable bonds is 5. The number of carbonyl (C=O) groups excluding carboxylic acids is 1. The van der Waals surface area contributed by atoms with E-state index in [4.69, 9.17) is 9.47 Å². The van der Waals surface area contributed by atoms with E-state index in [1.165, 1.54) is 17.4 Å². The Morgan fingerprint density at radius 1 is 1.07 bits per heavy atom. The monoisotopic (exact) mass is 381 g/mol. The molecule has 1 N–H and O–H groups in total. The summed E-state index contributed by atoms with van der Waals surface area (Å²) in [7, 11) is 3.14. The van der Waals surface area contributed by atoms with Gasteiger partial charge in [-0.3, -0.25) is 9.59 Å². The van der Waals surface area contributed by atoms with Gasteiger partial charge >= 0.3 is 0 Å². The zero-order chi connectivity index (χ0) is 19.4. The lowest BCUT2D eigenvalue weighted by molar-refractivity contribution is 0.106. The van der Waals surface area contributed by atoms with Gasteiger partial charge in [0.25, 0.3) is 5.56 Å². The number of aromatic amines is 1. The summed E-state index contributed by atoms with van der Waals surface area (Å²) in [6, 6.07) is 12.7. The maximum atomic E-state index is 12.4. The minimum absolute atomic E-state index is 0.152.